The van der Waals surface area contributed by atoms with Crippen molar-refractivity contribution in [2.45, 2.75) is 19.3 Å². The maximum absolute atomic E-state index is 12.5. The van der Waals surface area contributed by atoms with E-state index in [9.17, 15) is 4.79 Å². The summed E-state index contributed by atoms with van der Waals surface area (Å²) in [6.45, 7) is 2.44. The molecule has 0 saturated carbocycles. The van der Waals surface area contributed by atoms with E-state index in [0.29, 0.717) is 6.54 Å². The van der Waals surface area contributed by atoms with Crippen LogP contribution in [0.2, 0.25) is 0 Å². The maximum Gasteiger partial charge on any atom is 0.223 e. The maximum atomic E-state index is 12.5. The first-order chi connectivity index (χ1) is 13.2. The summed E-state index contributed by atoms with van der Waals surface area (Å²) in [6, 6.07) is 8.17. The molecule has 4 rings (SSSR count). The lowest BCUT2D eigenvalue weighted by Gasteiger charge is -2.33. The average molecular weight is 445 g/mol. The summed E-state index contributed by atoms with van der Waals surface area (Å²) in [5.41, 5.74) is 2.90. The van der Waals surface area contributed by atoms with Crippen LogP contribution < -0.4 is 10.2 Å². The van der Waals surface area contributed by atoms with Gasteiger partial charge >= 0.3 is 0 Å². The number of nitrogens with zero attached hydrogens (tertiary/aromatic N) is 3. The number of hydrogen-bond donors (Lipinski definition) is 1. The van der Waals surface area contributed by atoms with Crippen molar-refractivity contribution < 1.29 is 4.79 Å². The lowest BCUT2D eigenvalue weighted by atomic mass is 9.95. The number of carbonyl (C=O) groups is 1. The second kappa shape index (κ2) is 8.35. The van der Waals surface area contributed by atoms with E-state index in [2.05, 4.69) is 47.6 Å². The minimum Gasteiger partial charge on any atom is -0.370 e. The van der Waals surface area contributed by atoms with Crippen LogP contribution in [-0.2, 0) is 11.2 Å². The molecule has 0 radical (unpaired) electrons. The van der Waals surface area contributed by atoms with Gasteiger partial charge in [-0.15, -0.1) is 11.3 Å². The van der Waals surface area contributed by atoms with E-state index in [0.717, 1.165) is 53.5 Å². The Hall–Kier alpha value is -1.99. The summed E-state index contributed by atoms with van der Waals surface area (Å²) in [6.07, 6.45) is 6.28. The van der Waals surface area contributed by atoms with Crippen molar-refractivity contribution in [1.29, 1.82) is 0 Å². The predicted molar refractivity (Wildman–Crippen MR) is 113 cm³/mol. The van der Waals surface area contributed by atoms with Crippen molar-refractivity contribution in [3.05, 3.63) is 51.4 Å². The van der Waals surface area contributed by atoms with Gasteiger partial charge in [0.1, 0.15) is 5.52 Å². The molecule has 1 saturated heterocycles. The number of anilines is 1. The van der Waals surface area contributed by atoms with Crippen molar-refractivity contribution >= 4 is 49.9 Å². The van der Waals surface area contributed by atoms with Crippen LogP contribution in [0.4, 0.5) is 5.69 Å². The Bertz CT molecular complexity index is 923. The molecule has 1 fully saturated rings. The highest BCUT2D eigenvalue weighted by Gasteiger charge is 2.26. The summed E-state index contributed by atoms with van der Waals surface area (Å²) in [5.74, 6) is 0.285. The standard InChI is InChI=1S/C20H21BrN4OS/c21-15-12-17-19(24-13-15)18(4-8-22-17)25-9-5-14(6-10-25)20(26)23-7-3-16-2-1-11-27-16/h1-2,4,8,11-14H,3,5-7,9-10H2,(H,23,26). The van der Waals surface area contributed by atoms with E-state index in [1.165, 1.54) is 4.88 Å². The fourth-order valence-electron chi connectivity index (χ4n) is 3.54. The van der Waals surface area contributed by atoms with E-state index in [-0.39, 0.29) is 11.8 Å². The molecule has 3 aromatic heterocycles. The molecule has 1 aliphatic rings. The number of amides is 1. The number of thiophene rings is 1. The summed E-state index contributed by atoms with van der Waals surface area (Å²) < 4.78 is 0.928. The molecule has 1 N–H and O–H groups in total. The van der Waals surface area contributed by atoms with E-state index < -0.39 is 0 Å². The number of halogens is 1. The highest BCUT2D eigenvalue weighted by Crippen LogP contribution is 2.29. The fourth-order valence-corrected chi connectivity index (χ4v) is 4.57. The van der Waals surface area contributed by atoms with E-state index in [1.54, 1.807) is 17.5 Å². The Labute approximate surface area is 171 Å². The molecule has 140 valence electrons. The third-order valence-corrected chi connectivity index (χ3v) is 6.35. The van der Waals surface area contributed by atoms with E-state index >= 15 is 0 Å². The molecule has 4 heterocycles. The zero-order valence-electron chi connectivity index (χ0n) is 14.9. The summed E-state index contributed by atoms with van der Waals surface area (Å²) in [7, 11) is 0. The number of fused-ring (bicyclic) bond motifs is 1. The molecule has 1 amide bonds. The van der Waals surface area contributed by atoms with Crippen molar-refractivity contribution in [2.75, 3.05) is 24.5 Å². The Kier molecular flexibility index (Phi) is 5.69. The minimum absolute atomic E-state index is 0.0970. The van der Waals surface area contributed by atoms with E-state index in [4.69, 9.17) is 0 Å². The van der Waals surface area contributed by atoms with Crippen molar-refractivity contribution in [2.24, 2.45) is 5.92 Å². The number of hydrogen-bond acceptors (Lipinski definition) is 5. The molecule has 0 bridgehead atoms. The Morgan fingerprint density at radius 1 is 1.30 bits per heavy atom. The first-order valence-electron chi connectivity index (χ1n) is 9.16. The van der Waals surface area contributed by atoms with Crippen LogP contribution >= 0.6 is 27.3 Å². The highest BCUT2D eigenvalue weighted by atomic mass is 79.9. The van der Waals surface area contributed by atoms with Crippen LogP contribution in [0, 0.1) is 5.92 Å². The topological polar surface area (TPSA) is 58.1 Å². The number of aromatic nitrogens is 2. The second-order valence-corrected chi connectivity index (χ2v) is 8.68. The Balaban J connectivity index is 1.34. The van der Waals surface area contributed by atoms with Gasteiger partial charge in [0.15, 0.2) is 0 Å². The predicted octanol–water partition coefficient (Wildman–Crippen LogP) is 4.03. The number of piperidine rings is 1. The molecule has 0 aromatic carbocycles. The van der Waals surface area contributed by atoms with Gasteiger partial charge in [-0.05, 0) is 58.8 Å². The van der Waals surface area contributed by atoms with Crippen molar-refractivity contribution in [3.8, 4) is 0 Å². The highest BCUT2D eigenvalue weighted by molar-refractivity contribution is 9.10. The van der Waals surface area contributed by atoms with Gasteiger partial charge in [0, 0.05) is 47.3 Å². The third kappa shape index (κ3) is 4.30. The number of nitrogens with one attached hydrogen (secondary N) is 1. The third-order valence-electron chi connectivity index (χ3n) is 4.98. The molecule has 0 unspecified atom stereocenters. The van der Waals surface area contributed by atoms with Gasteiger partial charge in [0.2, 0.25) is 5.91 Å². The first-order valence-corrected chi connectivity index (χ1v) is 10.8. The molecule has 7 heteroatoms. The van der Waals surface area contributed by atoms with Crippen LogP contribution in [0.3, 0.4) is 0 Å². The zero-order chi connectivity index (χ0) is 18.6. The fraction of sp³-hybridized carbons (Fsp3) is 0.350. The van der Waals surface area contributed by atoms with Crippen molar-refractivity contribution in [1.82, 2.24) is 15.3 Å². The van der Waals surface area contributed by atoms with Gasteiger partial charge in [-0.2, -0.15) is 0 Å². The normalized spacial score (nSPS) is 15.2. The molecular weight excluding hydrogens is 424 g/mol. The van der Waals surface area contributed by atoms with Crippen molar-refractivity contribution in [3.63, 3.8) is 0 Å². The molecule has 0 atom stereocenters. The van der Waals surface area contributed by atoms with Gasteiger partial charge in [-0.3, -0.25) is 14.8 Å². The summed E-state index contributed by atoms with van der Waals surface area (Å²) in [5, 5.41) is 5.18. The lowest BCUT2D eigenvalue weighted by molar-refractivity contribution is -0.125. The summed E-state index contributed by atoms with van der Waals surface area (Å²) >= 11 is 5.19. The van der Waals surface area contributed by atoms with E-state index in [1.807, 2.05) is 24.4 Å². The molecular formula is C20H21BrN4OS. The number of rotatable bonds is 5. The van der Waals surface area contributed by atoms with Gasteiger partial charge in [-0.1, -0.05) is 6.07 Å². The largest absolute Gasteiger partial charge is 0.370 e. The summed E-state index contributed by atoms with van der Waals surface area (Å²) in [4.78, 5) is 25.1. The van der Waals surface area contributed by atoms with Gasteiger partial charge in [-0.25, -0.2) is 0 Å². The Morgan fingerprint density at radius 2 is 2.15 bits per heavy atom. The monoisotopic (exact) mass is 444 g/mol. The second-order valence-electron chi connectivity index (χ2n) is 6.73. The quantitative estimate of drug-likeness (QED) is 0.645. The first kappa shape index (κ1) is 18.4. The molecule has 3 aromatic rings. The van der Waals surface area contributed by atoms with Gasteiger partial charge in [0.25, 0.3) is 0 Å². The minimum atomic E-state index is 0.0970. The smallest absolute Gasteiger partial charge is 0.223 e. The Morgan fingerprint density at radius 3 is 2.93 bits per heavy atom. The van der Waals surface area contributed by atoms with Crippen LogP contribution in [0.25, 0.3) is 11.0 Å². The van der Waals surface area contributed by atoms with Crippen LogP contribution in [0.5, 0.6) is 0 Å². The number of carbonyl (C=O) groups excluding carboxylic acids is 1. The molecule has 1 aliphatic heterocycles. The van der Waals surface area contributed by atoms with Crippen LogP contribution in [-0.4, -0.2) is 35.5 Å². The molecule has 5 nitrogen and oxygen atoms in total. The average Bonchev–Trinajstić information content (AvgIpc) is 3.21. The molecule has 0 spiro atoms. The lowest BCUT2D eigenvalue weighted by Crippen LogP contribution is -2.41. The number of pyridine rings is 2. The van der Waals surface area contributed by atoms with Crippen LogP contribution in [0.15, 0.2) is 46.5 Å². The molecule has 0 aliphatic carbocycles. The molecule has 27 heavy (non-hydrogen) atoms. The SMILES string of the molecule is O=C(NCCc1cccs1)C1CCN(c2ccnc3cc(Br)cnc23)CC1. The van der Waals surface area contributed by atoms with Gasteiger partial charge < -0.3 is 10.2 Å². The zero-order valence-corrected chi connectivity index (χ0v) is 17.3. The van der Waals surface area contributed by atoms with Gasteiger partial charge in [0.05, 0.1) is 11.2 Å². The van der Waals surface area contributed by atoms with Crippen LogP contribution in [0.1, 0.15) is 17.7 Å².